The molecule has 1 N–H and O–H groups in total. The van der Waals surface area contributed by atoms with Gasteiger partial charge in [0.25, 0.3) is 0 Å². The van der Waals surface area contributed by atoms with Gasteiger partial charge in [-0.05, 0) is 4.48 Å². The maximum atomic E-state index is 8.92. The van der Waals surface area contributed by atoms with Crippen molar-refractivity contribution in [3.05, 3.63) is 22.7 Å². The van der Waals surface area contributed by atoms with Crippen LogP contribution in [0, 0.1) is 0 Å². The van der Waals surface area contributed by atoms with Gasteiger partial charge in [0.1, 0.15) is 0 Å². The Hall–Kier alpha value is 0.400. The van der Waals surface area contributed by atoms with Crippen molar-refractivity contribution in [3.8, 4) is 0 Å². The van der Waals surface area contributed by atoms with Gasteiger partial charge in [-0.3, -0.25) is 0 Å². The summed E-state index contributed by atoms with van der Waals surface area (Å²) in [7, 11) is 0. The molecule has 0 bridgehead atoms. The van der Waals surface area contributed by atoms with Gasteiger partial charge < -0.3 is 5.11 Å². The molecule has 0 aromatic heterocycles. The van der Waals surface area contributed by atoms with Crippen molar-refractivity contribution in [3.63, 3.8) is 0 Å². The van der Waals surface area contributed by atoms with Crippen LogP contribution in [0.2, 0.25) is 0 Å². The minimum atomic E-state index is -0.236. The van der Waals surface area contributed by atoms with E-state index in [1.165, 1.54) is 0 Å². The zero-order valence-corrected chi connectivity index (χ0v) is 8.52. The molecule has 0 fully saturated rings. The number of alkyl halides is 1. The van der Waals surface area contributed by atoms with E-state index in [9.17, 15) is 0 Å². The Labute approximate surface area is 77.1 Å². The molecule has 0 amide bonds. The summed E-state index contributed by atoms with van der Waals surface area (Å²) in [4.78, 5) is 0. The summed E-state index contributed by atoms with van der Waals surface area (Å²) < 4.78 is 0.876. The van der Waals surface area contributed by atoms with Crippen LogP contribution in [-0.2, 0) is 0 Å². The van der Waals surface area contributed by atoms with E-state index in [2.05, 4.69) is 31.9 Å². The third kappa shape index (κ3) is 1.94. The zero-order chi connectivity index (χ0) is 7.61. The van der Waals surface area contributed by atoms with Gasteiger partial charge in [0.2, 0.25) is 0 Å². The van der Waals surface area contributed by atoms with E-state index in [1.807, 2.05) is 18.2 Å². The van der Waals surface area contributed by atoms with Crippen LogP contribution >= 0.6 is 31.9 Å². The highest BCUT2D eigenvalue weighted by Crippen LogP contribution is 2.33. The third-order valence-corrected chi connectivity index (χ3v) is 2.74. The molecular weight excluding hydrogens is 260 g/mol. The predicted octanol–water partition coefficient (Wildman–Crippen LogP) is 2.35. The zero-order valence-electron chi connectivity index (χ0n) is 5.35. The number of rotatable bonds is 1. The Morgan fingerprint density at radius 1 is 1.70 bits per heavy atom. The molecule has 1 nitrogen and oxygen atoms in total. The molecule has 3 heteroatoms. The molecule has 1 aliphatic rings. The Kier molecular flexibility index (Phi) is 2.72. The minimum Gasteiger partial charge on any atom is -0.395 e. The largest absolute Gasteiger partial charge is 0.395 e. The van der Waals surface area contributed by atoms with E-state index in [1.54, 1.807) is 0 Å². The molecule has 0 saturated carbocycles. The van der Waals surface area contributed by atoms with Crippen molar-refractivity contribution in [2.24, 2.45) is 0 Å². The van der Waals surface area contributed by atoms with Crippen molar-refractivity contribution in [2.75, 3.05) is 6.61 Å². The topological polar surface area (TPSA) is 20.2 Å². The summed E-state index contributed by atoms with van der Waals surface area (Å²) in [5, 5.41) is 8.92. The van der Waals surface area contributed by atoms with Crippen LogP contribution in [0.1, 0.15) is 6.42 Å². The Balaban J connectivity index is 2.71. The van der Waals surface area contributed by atoms with Gasteiger partial charge in [0.05, 0.1) is 10.9 Å². The lowest BCUT2D eigenvalue weighted by atomic mass is 10.0. The summed E-state index contributed by atoms with van der Waals surface area (Å²) in [6.07, 6.45) is 6.69. The Morgan fingerprint density at radius 3 is 2.80 bits per heavy atom. The first-order valence-corrected chi connectivity index (χ1v) is 4.58. The lowest BCUT2D eigenvalue weighted by Gasteiger charge is -2.22. The average molecular weight is 268 g/mol. The standard InChI is InChI=1S/C7H8Br2O/c8-6-2-1-3-7(9,4-6)5-10/h1-3,10H,4-5H2. The summed E-state index contributed by atoms with van der Waals surface area (Å²) in [6.45, 7) is 0.131. The fraction of sp³-hybridized carbons (Fsp3) is 0.429. The monoisotopic (exact) mass is 266 g/mol. The number of aliphatic hydroxyl groups is 1. The van der Waals surface area contributed by atoms with E-state index in [0.717, 1.165) is 10.9 Å². The summed E-state index contributed by atoms with van der Waals surface area (Å²) in [5.41, 5.74) is 0. The fourth-order valence-corrected chi connectivity index (χ4v) is 2.32. The van der Waals surface area contributed by atoms with Gasteiger partial charge >= 0.3 is 0 Å². The summed E-state index contributed by atoms with van der Waals surface area (Å²) in [6, 6.07) is 0. The molecule has 0 aromatic carbocycles. The highest BCUT2D eigenvalue weighted by molar-refractivity contribution is 9.12. The summed E-state index contributed by atoms with van der Waals surface area (Å²) >= 11 is 6.80. The first kappa shape index (κ1) is 8.50. The second-order valence-corrected chi connectivity index (χ2v) is 4.94. The van der Waals surface area contributed by atoms with E-state index in [0.29, 0.717) is 0 Å². The van der Waals surface area contributed by atoms with Gasteiger partial charge in [-0.25, -0.2) is 0 Å². The molecule has 0 radical (unpaired) electrons. The van der Waals surface area contributed by atoms with Crippen LogP contribution in [0.3, 0.4) is 0 Å². The quantitative estimate of drug-likeness (QED) is 0.724. The molecule has 1 unspecified atom stereocenters. The van der Waals surface area contributed by atoms with Gasteiger partial charge in [-0.2, -0.15) is 0 Å². The van der Waals surface area contributed by atoms with Crippen molar-refractivity contribution >= 4 is 31.9 Å². The van der Waals surface area contributed by atoms with Crippen molar-refractivity contribution in [2.45, 2.75) is 10.7 Å². The lowest BCUT2D eigenvalue weighted by molar-refractivity contribution is 0.271. The molecule has 1 aliphatic carbocycles. The van der Waals surface area contributed by atoms with Crippen LogP contribution < -0.4 is 0 Å². The van der Waals surface area contributed by atoms with Crippen LogP contribution in [0.25, 0.3) is 0 Å². The molecule has 0 aromatic rings. The minimum absolute atomic E-state index is 0.131. The van der Waals surface area contributed by atoms with Gasteiger partial charge in [0.15, 0.2) is 0 Å². The second-order valence-electron chi connectivity index (χ2n) is 2.34. The number of aliphatic hydroxyl groups excluding tert-OH is 1. The normalized spacial score (nSPS) is 32.1. The molecule has 0 aliphatic heterocycles. The molecule has 1 atom stereocenters. The van der Waals surface area contributed by atoms with Crippen molar-refractivity contribution in [1.29, 1.82) is 0 Å². The molecule has 0 spiro atoms. The van der Waals surface area contributed by atoms with Crippen LogP contribution in [-0.4, -0.2) is 16.0 Å². The molecule has 56 valence electrons. The van der Waals surface area contributed by atoms with Crippen molar-refractivity contribution < 1.29 is 5.11 Å². The number of halogens is 2. The van der Waals surface area contributed by atoms with Gasteiger partial charge in [-0.15, -0.1) is 0 Å². The van der Waals surface area contributed by atoms with E-state index < -0.39 is 0 Å². The first-order chi connectivity index (χ1) is 4.66. The molecule has 0 saturated heterocycles. The van der Waals surface area contributed by atoms with Crippen LogP contribution in [0.15, 0.2) is 22.7 Å². The predicted molar refractivity (Wildman–Crippen MR) is 49.5 cm³/mol. The smallest absolute Gasteiger partial charge is 0.0715 e. The van der Waals surface area contributed by atoms with Gasteiger partial charge in [-0.1, -0.05) is 50.1 Å². The van der Waals surface area contributed by atoms with E-state index in [-0.39, 0.29) is 10.9 Å². The summed E-state index contributed by atoms with van der Waals surface area (Å²) in [5.74, 6) is 0. The lowest BCUT2D eigenvalue weighted by Crippen LogP contribution is -2.23. The average Bonchev–Trinajstić information content (AvgIpc) is 1.88. The first-order valence-electron chi connectivity index (χ1n) is 3.00. The second kappa shape index (κ2) is 3.20. The molecule has 1 rings (SSSR count). The Bertz CT molecular complexity index is 186. The van der Waals surface area contributed by atoms with E-state index in [4.69, 9.17) is 5.11 Å². The highest BCUT2D eigenvalue weighted by Gasteiger charge is 2.24. The molecule has 0 heterocycles. The van der Waals surface area contributed by atoms with Gasteiger partial charge in [0, 0.05) is 6.42 Å². The number of hydrogen-bond acceptors (Lipinski definition) is 1. The van der Waals surface area contributed by atoms with Crippen LogP contribution in [0.4, 0.5) is 0 Å². The fourth-order valence-electron chi connectivity index (χ4n) is 0.832. The Morgan fingerprint density at radius 2 is 2.40 bits per heavy atom. The van der Waals surface area contributed by atoms with Crippen molar-refractivity contribution in [1.82, 2.24) is 0 Å². The third-order valence-electron chi connectivity index (χ3n) is 1.40. The van der Waals surface area contributed by atoms with E-state index >= 15 is 0 Å². The number of hydrogen-bond donors (Lipinski definition) is 1. The molecule has 10 heavy (non-hydrogen) atoms. The SMILES string of the molecule is OCC1(Br)C=CC=C(Br)C1. The van der Waals surface area contributed by atoms with Crippen LogP contribution in [0.5, 0.6) is 0 Å². The number of allylic oxidation sites excluding steroid dienone is 3. The maximum absolute atomic E-state index is 8.92. The highest BCUT2D eigenvalue weighted by atomic mass is 79.9. The maximum Gasteiger partial charge on any atom is 0.0715 e. The molecular formula is C7H8Br2O.